The molecule has 3 nitrogen and oxygen atoms in total. The molecule has 0 bridgehead atoms. The molecule has 2 rings (SSSR count). The summed E-state index contributed by atoms with van der Waals surface area (Å²) in [5.74, 6) is -0.0249. The number of nitrogens with one attached hydrogen (secondary N) is 1. The molecule has 1 saturated heterocycles. The van der Waals surface area contributed by atoms with Gasteiger partial charge in [-0.15, -0.1) is 12.4 Å². The van der Waals surface area contributed by atoms with E-state index in [1.54, 1.807) is 12.1 Å². The molecule has 1 fully saturated rings. The number of aryl methyl sites for hydroxylation is 1. The topological polar surface area (TPSA) is 32.3 Å². The van der Waals surface area contributed by atoms with Crippen LogP contribution >= 0.6 is 12.4 Å². The Hall–Kier alpha value is -1.13. The second kappa shape index (κ2) is 8.22. The Kier molecular flexibility index (Phi) is 6.96. The predicted octanol–water partition coefficient (Wildman–Crippen LogP) is 2.39. The zero-order valence-electron chi connectivity index (χ0n) is 11.8. The van der Waals surface area contributed by atoms with Gasteiger partial charge in [0, 0.05) is 25.6 Å². The zero-order valence-corrected chi connectivity index (χ0v) is 12.6. The van der Waals surface area contributed by atoms with Crippen molar-refractivity contribution in [2.75, 3.05) is 20.1 Å². The van der Waals surface area contributed by atoms with Crippen molar-refractivity contribution in [1.29, 1.82) is 0 Å². The lowest BCUT2D eigenvalue weighted by molar-refractivity contribution is -0.132. The lowest BCUT2D eigenvalue weighted by atomic mass is 10.0. The summed E-state index contributed by atoms with van der Waals surface area (Å²) >= 11 is 0. The van der Waals surface area contributed by atoms with Gasteiger partial charge in [0.25, 0.3) is 0 Å². The minimum Gasteiger partial charge on any atom is -0.343 e. The summed E-state index contributed by atoms with van der Waals surface area (Å²) in [5, 5.41) is 3.25. The van der Waals surface area contributed by atoms with Gasteiger partial charge in [0.05, 0.1) is 0 Å². The minimum atomic E-state index is -0.232. The molecule has 5 heteroatoms. The molecule has 0 spiro atoms. The molecule has 1 aromatic carbocycles. The first-order chi connectivity index (χ1) is 9.19. The average molecular weight is 301 g/mol. The van der Waals surface area contributed by atoms with E-state index in [9.17, 15) is 9.18 Å². The smallest absolute Gasteiger partial charge is 0.222 e. The maximum Gasteiger partial charge on any atom is 0.222 e. The third kappa shape index (κ3) is 4.76. The molecule has 1 aromatic rings. The number of hydrogen-bond donors (Lipinski definition) is 1. The molecule has 112 valence electrons. The van der Waals surface area contributed by atoms with Gasteiger partial charge >= 0.3 is 0 Å². The Morgan fingerprint density at radius 1 is 1.30 bits per heavy atom. The second-order valence-corrected chi connectivity index (χ2v) is 5.07. The van der Waals surface area contributed by atoms with Crippen LogP contribution in [0.25, 0.3) is 0 Å². The Morgan fingerprint density at radius 3 is 2.45 bits per heavy atom. The van der Waals surface area contributed by atoms with Crippen LogP contribution in [0.1, 0.15) is 24.8 Å². The number of halogens is 2. The zero-order chi connectivity index (χ0) is 13.7. The first kappa shape index (κ1) is 16.9. The van der Waals surface area contributed by atoms with Gasteiger partial charge in [0.2, 0.25) is 5.91 Å². The molecule has 0 radical (unpaired) electrons. The fraction of sp³-hybridized carbons (Fsp3) is 0.533. The van der Waals surface area contributed by atoms with Gasteiger partial charge in [-0.05, 0) is 44.0 Å². The summed E-state index contributed by atoms with van der Waals surface area (Å²) in [5.41, 5.74) is 1.01. The Labute approximate surface area is 125 Å². The maximum atomic E-state index is 12.8. The quantitative estimate of drug-likeness (QED) is 0.926. The number of benzene rings is 1. The highest BCUT2D eigenvalue weighted by Crippen LogP contribution is 2.12. The van der Waals surface area contributed by atoms with Gasteiger partial charge in [-0.3, -0.25) is 4.79 Å². The number of nitrogens with zero attached hydrogens (tertiary/aromatic N) is 1. The van der Waals surface area contributed by atoms with E-state index in [1.807, 2.05) is 11.9 Å². The lowest BCUT2D eigenvalue weighted by Crippen LogP contribution is -2.44. The molecule has 0 aliphatic carbocycles. The third-order valence-corrected chi connectivity index (χ3v) is 3.80. The van der Waals surface area contributed by atoms with Crippen molar-refractivity contribution >= 4 is 18.3 Å². The number of rotatable bonds is 4. The van der Waals surface area contributed by atoms with Crippen LogP contribution < -0.4 is 5.32 Å². The van der Waals surface area contributed by atoms with Gasteiger partial charge < -0.3 is 10.2 Å². The molecular weight excluding hydrogens is 279 g/mol. The number of likely N-dealkylation sites (tertiary alicyclic amines) is 1. The van der Waals surface area contributed by atoms with Crippen molar-refractivity contribution in [2.45, 2.75) is 31.7 Å². The summed E-state index contributed by atoms with van der Waals surface area (Å²) in [6, 6.07) is 6.92. The van der Waals surface area contributed by atoms with E-state index in [2.05, 4.69) is 5.32 Å². The van der Waals surface area contributed by atoms with Gasteiger partial charge in [0.1, 0.15) is 5.82 Å². The number of carbonyl (C=O) groups is 1. The van der Waals surface area contributed by atoms with E-state index in [1.165, 1.54) is 12.1 Å². The summed E-state index contributed by atoms with van der Waals surface area (Å²) in [4.78, 5) is 14.0. The Bertz CT molecular complexity index is 416. The number of hydrogen-bond acceptors (Lipinski definition) is 2. The first-order valence-electron chi connectivity index (χ1n) is 6.88. The predicted molar refractivity (Wildman–Crippen MR) is 80.6 cm³/mol. The highest BCUT2D eigenvalue weighted by Gasteiger charge is 2.21. The normalized spacial score (nSPS) is 15.8. The summed E-state index contributed by atoms with van der Waals surface area (Å²) in [6.07, 6.45) is 3.25. The molecule has 0 unspecified atom stereocenters. The van der Waals surface area contributed by atoms with Gasteiger partial charge in [0.15, 0.2) is 0 Å². The van der Waals surface area contributed by atoms with E-state index >= 15 is 0 Å². The van der Waals surface area contributed by atoms with E-state index < -0.39 is 0 Å². The minimum absolute atomic E-state index is 0. The van der Waals surface area contributed by atoms with Gasteiger partial charge in [-0.1, -0.05) is 12.1 Å². The summed E-state index contributed by atoms with van der Waals surface area (Å²) < 4.78 is 12.8. The fourth-order valence-corrected chi connectivity index (χ4v) is 2.48. The molecule has 0 aromatic heterocycles. The van der Waals surface area contributed by atoms with Crippen molar-refractivity contribution in [3.05, 3.63) is 35.6 Å². The Morgan fingerprint density at radius 2 is 1.90 bits per heavy atom. The molecule has 1 aliphatic rings. The maximum absolute atomic E-state index is 12.8. The van der Waals surface area contributed by atoms with Crippen LogP contribution in [0, 0.1) is 5.82 Å². The van der Waals surface area contributed by atoms with E-state index in [0.29, 0.717) is 18.9 Å². The highest BCUT2D eigenvalue weighted by atomic mass is 35.5. The van der Waals surface area contributed by atoms with Crippen LogP contribution in [0.5, 0.6) is 0 Å². The summed E-state index contributed by atoms with van der Waals surface area (Å²) in [7, 11) is 1.97. The molecule has 1 aliphatic heterocycles. The standard InChI is InChI=1S/C15H21FN2O.ClH/c1-17-14-8-10-18(11-9-14)15(19)7-4-12-2-5-13(16)6-3-12;/h2-3,5-6,14,17H,4,7-11H2,1H3;1H. The van der Waals surface area contributed by atoms with Crippen LogP contribution in [0.2, 0.25) is 0 Å². The SMILES string of the molecule is CNC1CCN(C(=O)CCc2ccc(F)cc2)CC1.Cl. The van der Waals surface area contributed by atoms with Gasteiger partial charge in [-0.25, -0.2) is 4.39 Å². The third-order valence-electron chi connectivity index (χ3n) is 3.80. The van der Waals surface area contributed by atoms with Crippen LogP contribution in [0.3, 0.4) is 0 Å². The fourth-order valence-electron chi connectivity index (χ4n) is 2.48. The molecule has 1 heterocycles. The molecule has 1 N–H and O–H groups in total. The average Bonchev–Trinajstić information content (AvgIpc) is 2.46. The van der Waals surface area contributed by atoms with Crippen molar-refractivity contribution in [1.82, 2.24) is 10.2 Å². The van der Waals surface area contributed by atoms with Crippen molar-refractivity contribution < 1.29 is 9.18 Å². The lowest BCUT2D eigenvalue weighted by Gasteiger charge is -2.31. The second-order valence-electron chi connectivity index (χ2n) is 5.07. The molecular formula is C15H22ClFN2O. The first-order valence-corrected chi connectivity index (χ1v) is 6.88. The van der Waals surface area contributed by atoms with Gasteiger partial charge in [-0.2, -0.15) is 0 Å². The summed E-state index contributed by atoms with van der Waals surface area (Å²) in [6.45, 7) is 1.68. The largest absolute Gasteiger partial charge is 0.343 e. The highest BCUT2D eigenvalue weighted by molar-refractivity contribution is 5.85. The van der Waals surface area contributed by atoms with Crippen LogP contribution in [-0.2, 0) is 11.2 Å². The van der Waals surface area contributed by atoms with Crippen molar-refractivity contribution in [3.63, 3.8) is 0 Å². The molecule has 1 amide bonds. The Balaban J connectivity index is 0.00000200. The van der Waals surface area contributed by atoms with Crippen LogP contribution in [-0.4, -0.2) is 37.0 Å². The van der Waals surface area contributed by atoms with Crippen LogP contribution in [0.15, 0.2) is 24.3 Å². The molecule has 20 heavy (non-hydrogen) atoms. The van der Waals surface area contributed by atoms with Crippen molar-refractivity contribution in [3.8, 4) is 0 Å². The monoisotopic (exact) mass is 300 g/mol. The van der Waals surface area contributed by atoms with Crippen molar-refractivity contribution in [2.24, 2.45) is 0 Å². The number of piperidine rings is 1. The number of carbonyl (C=O) groups excluding carboxylic acids is 1. The van der Waals surface area contributed by atoms with Crippen LogP contribution in [0.4, 0.5) is 4.39 Å². The molecule has 0 saturated carbocycles. The van der Waals surface area contributed by atoms with E-state index in [4.69, 9.17) is 0 Å². The molecule has 0 atom stereocenters. The number of amides is 1. The van der Waals surface area contributed by atoms with E-state index in [0.717, 1.165) is 31.5 Å². The van der Waals surface area contributed by atoms with E-state index in [-0.39, 0.29) is 24.1 Å².